The van der Waals surface area contributed by atoms with Crippen molar-refractivity contribution < 1.29 is 4.39 Å². The van der Waals surface area contributed by atoms with Crippen LogP contribution in [-0.2, 0) is 0 Å². The van der Waals surface area contributed by atoms with Gasteiger partial charge in [-0.2, -0.15) is 0 Å². The minimum atomic E-state index is -0.197. The fourth-order valence-electron chi connectivity index (χ4n) is 1.37. The monoisotopic (exact) mass is 166 g/mol. The quantitative estimate of drug-likeness (QED) is 0.616. The summed E-state index contributed by atoms with van der Waals surface area (Å²) < 4.78 is 12.7. The van der Waals surface area contributed by atoms with Gasteiger partial charge in [0.1, 0.15) is 5.82 Å². The molecule has 12 heavy (non-hydrogen) atoms. The first-order chi connectivity index (χ1) is 5.75. The zero-order valence-corrected chi connectivity index (χ0v) is 6.89. The molecule has 1 heterocycles. The highest BCUT2D eigenvalue weighted by molar-refractivity contribution is 5.71. The molecule has 0 spiro atoms. The van der Waals surface area contributed by atoms with E-state index in [0.717, 1.165) is 17.9 Å². The highest BCUT2D eigenvalue weighted by Gasteiger charge is 2.12. The van der Waals surface area contributed by atoms with E-state index < -0.39 is 0 Å². The van der Waals surface area contributed by atoms with Gasteiger partial charge in [-0.1, -0.05) is 0 Å². The smallest absolute Gasteiger partial charge is 0.125 e. The van der Waals surface area contributed by atoms with Gasteiger partial charge in [0.05, 0.1) is 11.4 Å². The molecule has 0 aromatic heterocycles. The second-order valence-electron chi connectivity index (χ2n) is 3.12. The normalized spacial score (nSPS) is 20.7. The number of anilines is 2. The molecule has 0 radical (unpaired) electrons. The van der Waals surface area contributed by atoms with Crippen molar-refractivity contribution >= 4 is 11.4 Å². The van der Waals surface area contributed by atoms with Crippen molar-refractivity contribution in [1.29, 1.82) is 0 Å². The Bertz CT molecular complexity index is 299. The number of fused-ring (bicyclic) bond motifs is 1. The summed E-state index contributed by atoms with van der Waals surface area (Å²) in [7, 11) is 0. The second-order valence-corrected chi connectivity index (χ2v) is 3.12. The van der Waals surface area contributed by atoms with Crippen LogP contribution in [0.2, 0.25) is 0 Å². The van der Waals surface area contributed by atoms with E-state index in [0.29, 0.717) is 6.04 Å². The van der Waals surface area contributed by atoms with Crippen LogP contribution in [0.1, 0.15) is 6.92 Å². The van der Waals surface area contributed by atoms with Gasteiger partial charge in [-0.25, -0.2) is 4.39 Å². The molecule has 1 aliphatic heterocycles. The molecule has 1 unspecified atom stereocenters. The average Bonchev–Trinajstić information content (AvgIpc) is 2.05. The second kappa shape index (κ2) is 2.66. The van der Waals surface area contributed by atoms with Crippen LogP contribution in [-0.4, -0.2) is 12.6 Å². The summed E-state index contributed by atoms with van der Waals surface area (Å²) in [6.45, 7) is 2.93. The first kappa shape index (κ1) is 7.40. The van der Waals surface area contributed by atoms with Crippen LogP contribution in [0.25, 0.3) is 0 Å². The Morgan fingerprint density at radius 1 is 1.42 bits per heavy atom. The standard InChI is InChI=1S/C9H11FN2/c1-6-5-11-9-4-7(10)2-3-8(9)12-6/h2-4,6,11-12H,5H2,1H3. The van der Waals surface area contributed by atoms with E-state index in [1.807, 2.05) is 0 Å². The van der Waals surface area contributed by atoms with E-state index in [9.17, 15) is 4.39 Å². The van der Waals surface area contributed by atoms with Crippen molar-refractivity contribution in [3.8, 4) is 0 Å². The molecule has 1 aromatic rings. The molecule has 0 saturated carbocycles. The molecule has 2 nitrogen and oxygen atoms in total. The van der Waals surface area contributed by atoms with Crippen molar-refractivity contribution in [2.75, 3.05) is 17.2 Å². The van der Waals surface area contributed by atoms with Gasteiger partial charge in [0.2, 0.25) is 0 Å². The van der Waals surface area contributed by atoms with Crippen molar-refractivity contribution in [1.82, 2.24) is 0 Å². The third kappa shape index (κ3) is 1.22. The Hall–Kier alpha value is -1.25. The van der Waals surface area contributed by atoms with Gasteiger partial charge < -0.3 is 10.6 Å². The van der Waals surface area contributed by atoms with Crippen LogP contribution >= 0.6 is 0 Å². The average molecular weight is 166 g/mol. The van der Waals surface area contributed by atoms with Gasteiger partial charge in [-0.05, 0) is 25.1 Å². The summed E-state index contributed by atoms with van der Waals surface area (Å²) in [6, 6.07) is 5.13. The van der Waals surface area contributed by atoms with Crippen LogP contribution < -0.4 is 10.6 Å². The summed E-state index contributed by atoms with van der Waals surface area (Å²) in [5.41, 5.74) is 1.84. The molecule has 0 bridgehead atoms. The molecule has 1 atom stereocenters. The van der Waals surface area contributed by atoms with E-state index in [1.54, 1.807) is 6.07 Å². The zero-order chi connectivity index (χ0) is 8.55. The highest BCUT2D eigenvalue weighted by Crippen LogP contribution is 2.26. The maximum absolute atomic E-state index is 12.7. The third-order valence-corrected chi connectivity index (χ3v) is 1.98. The fraction of sp³-hybridized carbons (Fsp3) is 0.333. The fourth-order valence-corrected chi connectivity index (χ4v) is 1.37. The lowest BCUT2D eigenvalue weighted by atomic mass is 10.2. The predicted molar refractivity (Wildman–Crippen MR) is 48.0 cm³/mol. The van der Waals surface area contributed by atoms with E-state index in [-0.39, 0.29) is 5.82 Å². The summed E-state index contributed by atoms with van der Waals surface area (Å²) in [5.74, 6) is -0.197. The van der Waals surface area contributed by atoms with Crippen LogP contribution in [0.5, 0.6) is 0 Å². The van der Waals surface area contributed by atoms with Crippen molar-refractivity contribution in [3.05, 3.63) is 24.0 Å². The van der Waals surface area contributed by atoms with Crippen LogP contribution in [0.15, 0.2) is 18.2 Å². The summed E-state index contributed by atoms with van der Waals surface area (Å²) >= 11 is 0. The van der Waals surface area contributed by atoms with E-state index in [2.05, 4.69) is 17.6 Å². The minimum absolute atomic E-state index is 0.197. The molecule has 3 heteroatoms. The van der Waals surface area contributed by atoms with E-state index in [1.165, 1.54) is 12.1 Å². The molecule has 1 aromatic carbocycles. The number of nitrogens with one attached hydrogen (secondary N) is 2. The molecular formula is C9H11FN2. The molecule has 64 valence electrons. The largest absolute Gasteiger partial charge is 0.381 e. The molecule has 0 saturated heterocycles. The number of hydrogen-bond donors (Lipinski definition) is 2. The maximum atomic E-state index is 12.7. The Morgan fingerprint density at radius 3 is 3.08 bits per heavy atom. The minimum Gasteiger partial charge on any atom is -0.381 e. The number of halogens is 1. The molecule has 1 aliphatic rings. The summed E-state index contributed by atoms with van der Waals surface area (Å²) in [4.78, 5) is 0. The van der Waals surface area contributed by atoms with Crippen molar-refractivity contribution in [3.63, 3.8) is 0 Å². The summed E-state index contributed by atoms with van der Waals surface area (Å²) in [6.07, 6.45) is 0. The van der Waals surface area contributed by atoms with Crippen LogP contribution in [0.3, 0.4) is 0 Å². The van der Waals surface area contributed by atoms with Gasteiger partial charge >= 0.3 is 0 Å². The van der Waals surface area contributed by atoms with Crippen LogP contribution in [0.4, 0.5) is 15.8 Å². The Morgan fingerprint density at radius 2 is 2.25 bits per heavy atom. The van der Waals surface area contributed by atoms with Gasteiger partial charge in [0.25, 0.3) is 0 Å². The zero-order valence-electron chi connectivity index (χ0n) is 6.89. The molecule has 2 rings (SSSR count). The van der Waals surface area contributed by atoms with Gasteiger partial charge in [-0.15, -0.1) is 0 Å². The van der Waals surface area contributed by atoms with Gasteiger partial charge in [0, 0.05) is 12.6 Å². The topological polar surface area (TPSA) is 24.1 Å². The number of benzene rings is 1. The highest BCUT2D eigenvalue weighted by atomic mass is 19.1. The molecule has 2 N–H and O–H groups in total. The molecule has 0 fully saturated rings. The van der Waals surface area contributed by atoms with E-state index >= 15 is 0 Å². The molecule has 0 aliphatic carbocycles. The van der Waals surface area contributed by atoms with Gasteiger partial charge in [0.15, 0.2) is 0 Å². The van der Waals surface area contributed by atoms with E-state index in [4.69, 9.17) is 0 Å². The maximum Gasteiger partial charge on any atom is 0.125 e. The Balaban J connectivity index is 2.37. The summed E-state index contributed by atoms with van der Waals surface area (Å²) in [5, 5.41) is 6.41. The Kier molecular flexibility index (Phi) is 1.64. The first-order valence-corrected chi connectivity index (χ1v) is 4.05. The lowest BCUT2D eigenvalue weighted by Gasteiger charge is -2.25. The third-order valence-electron chi connectivity index (χ3n) is 1.98. The lowest BCUT2D eigenvalue weighted by Crippen LogP contribution is -2.29. The predicted octanol–water partition coefficient (Wildman–Crippen LogP) is 2.05. The van der Waals surface area contributed by atoms with Crippen molar-refractivity contribution in [2.45, 2.75) is 13.0 Å². The number of rotatable bonds is 0. The van der Waals surface area contributed by atoms with Crippen LogP contribution in [0, 0.1) is 5.82 Å². The van der Waals surface area contributed by atoms with Crippen molar-refractivity contribution in [2.24, 2.45) is 0 Å². The lowest BCUT2D eigenvalue weighted by molar-refractivity contribution is 0.627. The van der Waals surface area contributed by atoms with Gasteiger partial charge in [-0.3, -0.25) is 0 Å². The first-order valence-electron chi connectivity index (χ1n) is 4.05. The molecular weight excluding hydrogens is 155 g/mol. The SMILES string of the molecule is CC1CNc2cc(F)ccc2N1. The number of hydrogen-bond acceptors (Lipinski definition) is 2. The molecule has 0 amide bonds. The Labute approximate surface area is 70.8 Å².